The SMILES string of the molecule is COCC#Cc1ccc2c(c1)O[C@H](CN(C)C(C)=O)[C@@H](C)CN([C@H](C)CO)S2(=O)=O. The Morgan fingerprint density at radius 2 is 2.17 bits per heavy atom. The third kappa shape index (κ3) is 5.52. The van der Waals surface area contributed by atoms with E-state index in [9.17, 15) is 18.3 Å². The van der Waals surface area contributed by atoms with Gasteiger partial charge in [0.05, 0.1) is 13.2 Å². The lowest BCUT2D eigenvalue weighted by molar-refractivity contribution is -0.129. The Hall–Kier alpha value is -2.12. The van der Waals surface area contributed by atoms with Gasteiger partial charge in [-0.3, -0.25) is 4.79 Å². The normalized spacial score (nSPS) is 21.8. The monoisotopic (exact) mass is 438 g/mol. The summed E-state index contributed by atoms with van der Waals surface area (Å²) in [6.07, 6.45) is -0.441. The van der Waals surface area contributed by atoms with Crippen molar-refractivity contribution in [1.82, 2.24) is 9.21 Å². The zero-order chi connectivity index (χ0) is 22.5. The van der Waals surface area contributed by atoms with Gasteiger partial charge in [-0.15, -0.1) is 0 Å². The Balaban J connectivity index is 2.57. The van der Waals surface area contributed by atoms with Crippen LogP contribution in [0, 0.1) is 17.8 Å². The van der Waals surface area contributed by atoms with Gasteiger partial charge in [0.15, 0.2) is 0 Å². The summed E-state index contributed by atoms with van der Waals surface area (Å²) in [6.45, 7) is 5.41. The summed E-state index contributed by atoms with van der Waals surface area (Å²) in [6, 6.07) is 4.08. The van der Waals surface area contributed by atoms with Crippen molar-refractivity contribution in [2.45, 2.75) is 37.8 Å². The molecule has 3 atom stereocenters. The van der Waals surface area contributed by atoms with E-state index in [4.69, 9.17) is 9.47 Å². The molecular formula is C21H30N2O6S. The number of aliphatic hydroxyl groups excluding tert-OH is 1. The van der Waals surface area contributed by atoms with Gasteiger partial charge in [0.25, 0.3) is 0 Å². The fourth-order valence-electron chi connectivity index (χ4n) is 3.13. The first kappa shape index (κ1) is 24.2. The molecule has 0 bridgehead atoms. The van der Waals surface area contributed by atoms with Crippen LogP contribution in [0.25, 0.3) is 0 Å². The maximum absolute atomic E-state index is 13.3. The molecule has 0 unspecified atom stereocenters. The second-order valence-electron chi connectivity index (χ2n) is 7.54. The summed E-state index contributed by atoms with van der Waals surface area (Å²) in [7, 11) is -0.685. The minimum Gasteiger partial charge on any atom is -0.487 e. The molecule has 166 valence electrons. The third-order valence-corrected chi connectivity index (χ3v) is 7.13. The van der Waals surface area contributed by atoms with Crippen LogP contribution in [0.4, 0.5) is 0 Å². The van der Waals surface area contributed by atoms with E-state index in [2.05, 4.69) is 11.8 Å². The van der Waals surface area contributed by atoms with E-state index in [1.165, 1.54) is 17.3 Å². The summed E-state index contributed by atoms with van der Waals surface area (Å²) >= 11 is 0. The third-order valence-electron chi connectivity index (χ3n) is 5.11. The topological polar surface area (TPSA) is 96.4 Å². The largest absolute Gasteiger partial charge is 0.487 e. The van der Waals surface area contributed by atoms with Gasteiger partial charge in [0.1, 0.15) is 23.4 Å². The van der Waals surface area contributed by atoms with Crippen molar-refractivity contribution in [2.24, 2.45) is 5.92 Å². The average Bonchev–Trinajstić information content (AvgIpc) is 2.70. The van der Waals surface area contributed by atoms with Crippen LogP contribution in [0.15, 0.2) is 23.1 Å². The van der Waals surface area contributed by atoms with Crippen LogP contribution in [0.5, 0.6) is 5.75 Å². The van der Waals surface area contributed by atoms with Crippen LogP contribution in [-0.2, 0) is 19.6 Å². The lowest BCUT2D eigenvalue weighted by Crippen LogP contribution is -2.50. The summed E-state index contributed by atoms with van der Waals surface area (Å²) in [4.78, 5) is 13.3. The first-order valence-corrected chi connectivity index (χ1v) is 11.2. The number of likely N-dealkylation sites (N-methyl/N-ethyl adjacent to an activating group) is 1. The Morgan fingerprint density at radius 1 is 1.47 bits per heavy atom. The molecule has 1 heterocycles. The smallest absolute Gasteiger partial charge is 0.247 e. The summed E-state index contributed by atoms with van der Waals surface area (Å²) in [5, 5.41) is 9.64. The fraction of sp³-hybridized carbons (Fsp3) is 0.571. The van der Waals surface area contributed by atoms with E-state index in [1.54, 1.807) is 38.1 Å². The van der Waals surface area contributed by atoms with E-state index >= 15 is 0 Å². The molecule has 30 heavy (non-hydrogen) atoms. The van der Waals surface area contributed by atoms with Crippen LogP contribution >= 0.6 is 0 Å². The highest BCUT2D eigenvalue weighted by Crippen LogP contribution is 2.34. The van der Waals surface area contributed by atoms with Crippen LogP contribution in [0.1, 0.15) is 26.3 Å². The predicted molar refractivity (Wildman–Crippen MR) is 113 cm³/mol. The highest BCUT2D eigenvalue weighted by Gasteiger charge is 2.38. The number of hydrogen-bond acceptors (Lipinski definition) is 6. The number of sulfonamides is 1. The Labute approximate surface area is 178 Å². The van der Waals surface area contributed by atoms with Crippen LogP contribution in [0.3, 0.4) is 0 Å². The predicted octanol–water partition coefficient (Wildman–Crippen LogP) is 0.931. The van der Waals surface area contributed by atoms with Crippen molar-refractivity contribution in [2.75, 3.05) is 40.5 Å². The molecule has 8 nitrogen and oxygen atoms in total. The molecule has 1 aliphatic rings. The number of aliphatic hydroxyl groups is 1. The molecule has 0 spiro atoms. The lowest BCUT2D eigenvalue weighted by Gasteiger charge is -2.37. The molecule has 9 heteroatoms. The number of carbonyl (C=O) groups excluding carboxylic acids is 1. The molecule has 1 N–H and O–H groups in total. The number of hydrogen-bond donors (Lipinski definition) is 1. The first-order chi connectivity index (χ1) is 14.1. The fourth-order valence-corrected chi connectivity index (χ4v) is 4.96. The van der Waals surface area contributed by atoms with Gasteiger partial charge in [-0.1, -0.05) is 18.8 Å². The maximum atomic E-state index is 13.3. The standard InChI is InChI=1S/C21H30N2O6S/c1-15-12-23(16(2)14-24)30(26,27)21-9-8-18(7-6-10-28-5)11-19(21)29-20(15)13-22(4)17(3)25/h8-9,11,15-16,20,24H,10,12-14H2,1-5H3/t15-,16+,20+/m0/s1. The summed E-state index contributed by atoms with van der Waals surface area (Å²) < 4.78 is 39.1. The quantitative estimate of drug-likeness (QED) is 0.687. The zero-order valence-corrected chi connectivity index (χ0v) is 18.9. The van der Waals surface area contributed by atoms with Crippen molar-refractivity contribution in [3.63, 3.8) is 0 Å². The van der Waals surface area contributed by atoms with E-state index in [0.717, 1.165) is 0 Å². The molecule has 1 aromatic rings. The Morgan fingerprint density at radius 3 is 2.77 bits per heavy atom. The van der Waals surface area contributed by atoms with Crippen molar-refractivity contribution in [3.05, 3.63) is 23.8 Å². The maximum Gasteiger partial charge on any atom is 0.247 e. The van der Waals surface area contributed by atoms with Gasteiger partial charge in [-0.25, -0.2) is 8.42 Å². The molecule has 1 amide bonds. The molecule has 1 aromatic carbocycles. The van der Waals surface area contributed by atoms with E-state index in [0.29, 0.717) is 12.1 Å². The number of ether oxygens (including phenoxy) is 2. The second-order valence-corrected chi connectivity index (χ2v) is 9.39. The number of benzene rings is 1. The van der Waals surface area contributed by atoms with Crippen LogP contribution in [0.2, 0.25) is 0 Å². The van der Waals surface area contributed by atoms with Gasteiger partial charge >= 0.3 is 0 Å². The molecule has 1 aliphatic heterocycles. The molecule has 0 saturated carbocycles. The molecule has 0 fully saturated rings. The number of nitrogens with zero attached hydrogens (tertiary/aromatic N) is 2. The molecule has 0 radical (unpaired) electrons. The van der Waals surface area contributed by atoms with Gasteiger partial charge in [0, 0.05) is 45.1 Å². The van der Waals surface area contributed by atoms with Gasteiger partial charge in [-0.05, 0) is 25.1 Å². The molecule has 0 saturated heterocycles. The molecule has 0 aromatic heterocycles. The Bertz CT molecular complexity index is 921. The number of carbonyl (C=O) groups is 1. The number of methoxy groups -OCH3 is 1. The summed E-state index contributed by atoms with van der Waals surface area (Å²) in [5.41, 5.74) is 0.592. The van der Waals surface area contributed by atoms with Gasteiger partial charge in [0.2, 0.25) is 15.9 Å². The van der Waals surface area contributed by atoms with Crippen molar-refractivity contribution in [1.29, 1.82) is 0 Å². The number of fused-ring (bicyclic) bond motifs is 1. The Kier molecular flexibility index (Phi) is 8.26. The van der Waals surface area contributed by atoms with Crippen LogP contribution < -0.4 is 4.74 Å². The number of rotatable bonds is 5. The average molecular weight is 439 g/mol. The lowest BCUT2D eigenvalue weighted by atomic mass is 10.0. The molecule has 2 rings (SSSR count). The second kappa shape index (κ2) is 10.3. The van der Waals surface area contributed by atoms with E-state index < -0.39 is 22.2 Å². The van der Waals surface area contributed by atoms with E-state index in [-0.39, 0.29) is 42.2 Å². The van der Waals surface area contributed by atoms with Crippen LogP contribution in [-0.4, -0.2) is 81.2 Å². The summed E-state index contributed by atoms with van der Waals surface area (Å²) in [5.74, 6) is 5.60. The highest BCUT2D eigenvalue weighted by atomic mass is 32.2. The van der Waals surface area contributed by atoms with Crippen molar-refractivity contribution in [3.8, 4) is 17.6 Å². The van der Waals surface area contributed by atoms with Crippen molar-refractivity contribution < 1.29 is 27.8 Å². The molecular weight excluding hydrogens is 408 g/mol. The minimum absolute atomic E-state index is 0.0162. The number of amides is 1. The molecule has 0 aliphatic carbocycles. The zero-order valence-electron chi connectivity index (χ0n) is 18.1. The highest BCUT2D eigenvalue weighted by molar-refractivity contribution is 7.89. The van der Waals surface area contributed by atoms with Gasteiger partial charge in [-0.2, -0.15) is 4.31 Å². The minimum atomic E-state index is -3.90. The van der Waals surface area contributed by atoms with Crippen molar-refractivity contribution >= 4 is 15.9 Å². The van der Waals surface area contributed by atoms with Gasteiger partial charge < -0.3 is 19.5 Å². The van der Waals surface area contributed by atoms with E-state index in [1.807, 2.05) is 6.92 Å². The first-order valence-electron chi connectivity index (χ1n) is 9.74.